The quantitative estimate of drug-likeness (QED) is 0.239. The number of rotatable bonds is 12. The zero-order valence-corrected chi connectivity index (χ0v) is 19.5. The van der Waals surface area contributed by atoms with Crippen LogP contribution in [0, 0.1) is 0 Å². The molecular weight excluding hydrogens is 426 g/mol. The Kier molecular flexibility index (Phi) is 10.1. The van der Waals surface area contributed by atoms with Gasteiger partial charge in [-0.2, -0.15) is 0 Å². The Hall–Kier alpha value is -2.34. The number of hydrogen-bond acceptors (Lipinski definition) is 5. The summed E-state index contributed by atoms with van der Waals surface area (Å²) >= 11 is 5.92. The van der Waals surface area contributed by atoms with Crippen molar-refractivity contribution in [2.45, 2.75) is 25.7 Å². The summed E-state index contributed by atoms with van der Waals surface area (Å²) in [6, 6.07) is 12.7. The van der Waals surface area contributed by atoms with E-state index >= 15 is 0 Å². The van der Waals surface area contributed by atoms with E-state index in [1.807, 2.05) is 12.1 Å². The highest BCUT2D eigenvalue weighted by Crippen LogP contribution is 2.26. The summed E-state index contributed by atoms with van der Waals surface area (Å²) in [4.78, 5) is 15.2. The maximum Gasteiger partial charge on any atom is 0.189 e. The van der Waals surface area contributed by atoms with Gasteiger partial charge in [0.05, 0.1) is 32.5 Å². The van der Waals surface area contributed by atoms with Crippen LogP contribution in [0.4, 0.5) is 0 Å². The number of morpholine rings is 1. The number of ether oxygens (including phenoxy) is 3. The number of carbonyl (C=O) groups excluding carboxylic acids is 1. The summed E-state index contributed by atoms with van der Waals surface area (Å²) in [5.41, 5.74) is 1.44. The number of methoxy groups -OCH3 is 1. The van der Waals surface area contributed by atoms with E-state index in [9.17, 15) is 4.79 Å². The average Bonchev–Trinajstić information content (AvgIpc) is 2.83. The van der Waals surface area contributed by atoms with Crippen molar-refractivity contribution in [3.05, 3.63) is 64.7 Å². The van der Waals surface area contributed by atoms with E-state index in [2.05, 4.69) is 4.90 Å². The van der Waals surface area contributed by atoms with E-state index < -0.39 is 0 Å². The molecule has 0 aliphatic carbocycles. The fraction of sp³-hybridized carbons (Fsp3) is 0.423. The predicted octanol–water partition coefficient (Wildman–Crippen LogP) is 5.52. The van der Waals surface area contributed by atoms with Crippen molar-refractivity contribution >= 4 is 23.5 Å². The van der Waals surface area contributed by atoms with Gasteiger partial charge in [-0.15, -0.1) is 0 Å². The van der Waals surface area contributed by atoms with Gasteiger partial charge >= 0.3 is 0 Å². The number of halogens is 1. The highest BCUT2D eigenvalue weighted by molar-refractivity contribution is 6.30. The molecule has 0 saturated carbocycles. The first-order chi connectivity index (χ1) is 15.7. The van der Waals surface area contributed by atoms with Crippen LogP contribution in [0.25, 0.3) is 6.08 Å². The van der Waals surface area contributed by atoms with Gasteiger partial charge in [0.2, 0.25) is 0 Å². The van der Waals surface area contributed by atoms with Gasteiger partial charge in [-0.05, 0) is 55.3 Å². The fourth-order valence-electron chi connectivity index (χ4n) is 3.59. The standard InChI is InChI=1S/C26H32ClNO4/c1-30-23-11-12-24(25(29)13-8-21-6-9-22(27)10-7-21)26(20-23)32-17-5-3-2-4-14-28-15-18-31-19-16-28/h6-13,20H,2-5,14-19H2,1H3. The van der Waals surface area contributed by atoms with Gasteiger partial charge in [0.25, 0.3) is 0 Å². The second-order valence-corrected chi connectivity index (χ2v) is 8.26. The molecule has 172 valence electrons. The molecule has 0 atom stereocenters. The second-order valence-electron chi connectivity index (χ2n) is 7.83. The van der Waals surface area contributed by atoms with E-state index in [-0.39, 0.29) is 5.78 Å². The largest absolute Gasteiger partial charge is 0.497 e. The van der Waals surface area contributed by atoms with Crippen LogP contribution in [0.1, 0.15) is 41.6 Å². The van der Waals surface area contributed by atoms with Crippen molar-refractivity contribution in [2.75, 3.05) is 46.6 Å². The van der Waals surface area contributed by atoms with Gasteiger partial charge in [-0.25, -0.2) is 0 Å². The van der Waals surface area contributed by atoms with Crippen LogP contribution >= 0.6 is 11.6 Å². The van der Waals surface area contributed by atoms with Crippen LogP contribution in [0.3, 0.4) is 0 Å². The Morgan fingerprint density at radius 3 is 2.56 bits per heavy atom. The van der Waals surface area contributed by atoms with Crippen molar-refractivity contribution in [1.82, 2.24) is 4.90 Å². The highest BCUT2D eigenvalue weighted by atomic mass is 35.5. The Morgan fingerprint density at radius 2 is 1.81 bits per heavy atom. The number of nitrogens with zero attached hydrogens (tertiary/aromatic N) is 1. The Bertz CT molecular complexity index is 876. The van der Waals surface area contributed by atoms with Crippen molar-refractivity contribution < 1.29 is 19.0 Å². The molecule has 0 aromatic heterocycles. The molecule has 0 amide bonds. The second kappa shape index (κ2) is 13.3. The van der Waals surface area contributed by atoms with Crippen LogP contribution in [-0.2, 0) is 4.74 Å². The molecule has 0 spiro atoms. The minimum Gasteiger partial charge on any atom is -0.497 e. The van der Waals surface area contributed by atoms with E-state index in [0.717, 1.165) is 51.3 Å². The molecule has 0 radical (unpaired) electrons. The molecule has 3 rings (SSSR count). The zero-order valence-electron chi connectivity index (χ0n) is 18.7. The van der Waals surface area contributed by atoms with Gasteiger partial charge in [0.15, 0.2) is 5.78 Å². The SMILES string of the molecule is COc1ccc(C(=O)C=Cc2ccc(Cl)cc2)c(OCCCCCCN2CCOCC2)c1. The van der Waals surface area contributed by atoms with Crippen LogP contribution in [0.5, 0.6) is 11.5 Å². The molecule has 1 heterocycles. The Labute approximate surface area is 195 Å². The van der Waals surface area contributed by atoms with Crippen LogP contribution < -0.4 is 9.47 Å². The molecule has 1 aliphatic heterocycles. The molecule has 2 aromatic rings. The number of allylic oxidation sites excluding steroid dienone is 1. The predicted molar refractivity (Wildman–Crippen MR) is 129 cm³/mol. The Morgan fingerprint density at radius 1 is 1.06 bits per heavy atom. The molecule has 0 unspecified atom stereocenters. The van der Waals surface area contributed by atoms with E-state index in [1.165, 1.54) is 12.8 Å². The van der Waals surface area contributed by atoms with Crippen molar-refractivity contribution in [3.8, 4) is 11.5 Å². The molecular formula is C26H32ClNO4. The summed E-state index contributed by atoms with van der Waals surface area (Å²) in [5.74, 6) is 1.12. The average molecular weight is 458 g/mol. The fourth-order valence-corrected chi connectivity index (χ4v) is 3.71. The molecule has 0 bridgehead atoms. The zero-order chi connectivity index (χ0) is 22.6. The molecule has 1 saturated heterocycles. The minimum atomic E-state index is -0.108. The molecule has 1 fully saturated rings. The monoisotopic (exact) mass is 457 g/mol. The van der Waals surface area contributed by atoms with Crippen molar-refractivity contribution in [3.63, 3.8) is 0 Å². The third kappa shape index (κ3) is 7.97. The minimum absolute atomic E-state index is 0.108. The first-order valence-electron chi connectivity index (χ1n) is 11.2. The Balaban J connectivity index is 1.48. The van der Waals surface area contributed by atoms with Gasteiger partial charge in [-0.1, -0.05) is 42.7 Å². The first kappa shape index (κ1) is 24.3. The molecule has 2 aromatic carbocycles. The van der Waals surface area contributed by atoms with Crippen LogP contribution in [0.2, 0.25) is 5.02 Å². The van der Waals surface area contributed by atoms with E-state index in [4.69, 9.17) is 25.8 Å². The first-order valence-corrected chi connectivity index (χ1v) is 11.6. The molecule has 0 N–H and O–H groups in total. The third-order valence-electron chi connectivity index (χ3n) is 5.48. The van der Waals surface area contributed by atoms with Gasteiger partial charge in [0, 0.05) is 24.2 Å². The van der Waals surface area contributed by atoms with E-state index in [1.54, 1.807) is 49.6 Å². The maximum atomic E-state index is 12.8. The lowest BCUT2D eigenvalue weighted by molar-refractivity contribution is 0.0371. The van der Waals surface area contributed by atoms with Crippen LogP contribution in [-0.4, -0.2) is 57.2 Å². The smallest absolute Gasteiger partial charge is 0.189 e. The lowest BCUT2D eigenvalue weighted by Gasteiger charge is -2.26. The number of benzene rings is 2. The number of hydrogen-bond donors (Lipinski definition) is 0. The lowest BCUT2D eigenvalue weighted by atomic mass is 10.1. The van der Waals surface area contributed by atoms with Crippen LogP contribution in [0.15, 0.2) is 48.5 Å². The van der Waals surface area contributed by atoms with Crippen molar-refractivity contribution in [2.24, 2.45) is 0 Å². The summed E-state index contributed by atoms with van der Waals surface area (Å²) in [5, 5.41) is 0.667. The van der Waals surface area contributed by atoms with Gasteiger partial charge in [0.1, 0.15) is 11.5 Å². The molecule has 1 aliphatic rings. The normalized spacial score (nSPS) is 14.6. The number of carbonyl (C=O) groups is 1. The van der Waals surface area contributed by atoms with Gasteiger partial charge < -0.3 is 14.2 Å². The molecule has 5 nitrogen and oxygen atoms in total. The molecule has 6 heteroatoms. The topological polar surface area (TPSA) is 48.0 Å². The summed E-state index contributed by atoms with van der Waals surface area (Å²) < 4.78 is 16.7. The third-order valence-corrected chi connectivity index (χ3v) is 5.73. The van der Waals surface area contributed by atoms with Gasteiger partial charge in [-0.3, -0.25) is 9.69 Å². The summed E-state index contributed by atoms with van der Waals surface area (Å²) in [6.45, 7) is 5.50. The maximum absolute atomic E-state index is 12.8. The van der Waals surface area contributed by atoms with E-state index in [0.29, 0.717) is 28.7 Å². The molecule has 32 heavy (non-hydrogen) atoms. The van der Waals surface area contributed by atoms with Crippen molar-refractivity contribution in [1.29, 1.82) is 0 Å². The summed E-state index contributed by atoms with van der Waals surface area (Å²) in [7, 11) is 1.61. The lowest BCUT2D eigenvalue weighted by Crippen LogP contribution is -2.36. The summed E-state index contributed by atoms with van der Waals surface area (Å²) in [6.07, 6.45) is 7.76. The number of ketones is 1. The highest BCUT2D eigenvalue weighted by Gasteiger charge is 2.12. The number of unbranched alkanes of at least 4 members (excludes halogenated alkanes) is 3.